The number of aromatic nitrogens is 1. The maximum atomic E-state index is 14.6. The fourth-order valence-electron chi connectivity index (χ4n) is 4.20. The number of pyridine rings is 1. The molecular formula is C23H19ClFN5. The lowest BCUT2D eigenvalue weighted by atomic mass is 9.81. The van der Waals surface area contributed by atoms with Gasteiger partial charge in [-0.15, -0.1) is 0 Å². The molecule has 3 aromatic rings. The van der Waals surface area contributed by atoms with Crippen molar-refractivity contribution in [1.82, 2.24) is 9.88 Å². The van der Waals surface area contributed by atoms with Crippen LogP contribution in [0.15, 0.2) is 77.0 Å². The molecule has 2 aliphatic heterocycles. The minimum Gasteiger partial charge on any atom is -0.369 e. The van der Waals surface area contributed by atoms with Gasteiger partial charge in [0, 0.05) is 36.1 Å². The summed E-state index contributed by atoms with van der Waals surface area (Å²) in [4.78, 5) is 15.9. The Bertz CT molecular complexity index is 1180. The van der Waals surface area contributed by atoms with Crippen LogP contribution in [0.4, 0.5) is 4.39 Å². The summed E-state index contributed by atoms with van der Waals surface area (Å²) in [5.41, 5.74) is 8.35. The van der Waals surface area contributed by atoms with Crippen molar-refractivity contribution in [3.8, 4) is 11.1 Å². The summed E-state index contributed by atoms with van der Waals surface area (Å²) in [5.74, 6) is 0.895. The Morgan fingerprint density at radius 2 is 1.87 bits per heavy atom. The Kier molecular flexibility index (Phi) is 4.51. The van der Waals surface area contributed by atoms with E-state index in [9.17, 15) is 4.39 Å². The zero-order valence-corrected chi connectivity index (χ0v) is 16.9. The molecule has 2 aliphatic rings. The second kappa shape index (κ2) is 7.22. The summed E-state index contributed by atoms with van der Waals surface area (Å²) in [6.45, 7) is 1.48. The van der Waals surface area contributed by atoms with Gasteiger partial charge in [-0.3, -0.25) is 14.9 Å². The van der Waals surface area contributed by atoms with E-state index in [4.69, 9.17) is 27.3 Å². The molecule has 0 amide bonds. The van der Waals surface area contributed by atoms with Crippen molar-refractivity contribution >= 4 is 23.4 Å². The van der Waals surface area contributed by atoms with E-state index in [1.54, 1.807) is 24.5 Å². The number of rotatable bonds is 3. The van der Waals surface area contributed by atoms with E-state index in [2.05, 4.69) is 4.98 Å². The van der Waals surface area contributed by atoms with Crippen LogP contribution in [0, 0.1) is 5.82 Å². The standard InChI is InChI=1S/C23H19ClFN5/c24-18-5-6-20(25)19(14-18)15-3-1-4-17(13-15)23(16-7-10-27-11-8-16)21-28-9-2-12-30(21)22(26)29-23/h1,3-8,10-11,13-14H,2,9,12H2,(H2,26,29). The lowest BCUT2D eigenvalue weighted by molar-refractivity contribution is 0.531. The highest BCUT2D eigenvalue weighted by Crippen LogP contribution is 2.42. The highest BCUT2D eigenvalue weighted by Gasteiger charge is 2.49. The number of nitrogens with two attached hydrogens (primary N) is 1. The van der Waals surface area contributed by atoms with Crippen molar-refractivity contribution in [3.05, 3.63) is 89.0 Å². The highest BCUT2D eigenvalue weighted by atomic mass is 35.5. The molecule has 1 aromatic heterocycles. The van der Waals surface area contributed by atoms with Crippen molar-refractivity contribution in [2.45, 2.75) is 12.0 Å². The van der Waals surface area contributed by atoms with Crippen molar-refractivity contribution in [2.75, 3.05) is 13.1 Å². The lowest BCUT2D eigenvalue weighted by Crippen LogP contribution is -2.46. The second-order valence-corrected chi connectivity index (χ2v) is 7.77. The van der Waals surface area contributed by atoms with Crippen LogP contribution in [0.5, 0.6) is 0 Å². The van der Waals surface area contributed by atoms with Crippen LogP contribution in [0.3, 0.4) is 0 Å². The summed E-state index contributed by atoms with van der Waals surface area (Å²) in [6, 6.07) is 16.1. The monoisotopic (exact) mass is 419 g/mol. The van der Waals surface area contributed by atoms with Crippen LogP contribution in [-0.2, 0) is 5.54 Å². The molecule has 0 fully saturated rings. The number of aliphatic imine (C=N–C) groups is 2. The van der Waals surface area contributed by atoms with E-state index < -0.39 is 5.54 Å². The molecular weight excluding hydrogens is 401 g/mol. The highest BCUT2D eigenvalue weighted by molar-refractivity contribution is 6.30. The van der Waals surface area contributed by atoms with Gasteiger partial charge in [0.15, 0.2) is 11.5 Å². The van der Waals surface area contributed by atoms with Gasteiger partial charge in [0.2, 0.25) is 0 Å². The molecule has 30 heavy (non-hydrogen) atoms. The van der Waals surface area contributed by atoms with Gasteiger partial charge in [0.25, 0.3) is 0 Å². The maximum absolute atomic E-state index is 14.6. The Hall–Kier alpha value is -3.25. The predicted octanol–water partition coefficient (Wildman–Crippen LogP) is 4.22. The normalized spacial score (nSPS) is 20.5. The first-order valence-electron chi connectivity index (χ1n) is 9.74. The molecule has 7 heteroatoms. The van der Waals surface area contributed by atoms with Crippen molar-refractivity contribution in [3.63, 3.8) is 0 Å². The van der Waals surface area contributed by atoms with Crippen LogP contribution in [0.2, 0.25) is 5.02 Å². The van der Waals surface area contributed by atoms with E-state index in [0.29, 0.717) is 28.7 Å². The summed E-state index contributed by atoms with van der Waals surface area (Å²) >= 11 is 6.13. The lowest BCUT2D eigenvalue weighted by Gasteiger charge is -2.33. The molecule has 0 saturated heterocycles. The van der Waals surface area contributed by atoms with Gasteiger partial charge in [-0.25, -0.2) is 9.38 Å². The number of nitrogens with zero attached hydrogens (tertiary/aromatic N) is 4. The number of hydrogen-bond acceptors (Lipinski definition) is 5. The molecule has 0 radical (unpaired) electrons. The Morgan fingerprint density at radius 3 is 2.70 bits per heavy atom. The molecule has 2 N–H and O–H groups in total. The van der Waals surface area contributed by atoms with Crippen LogP contribution < -0.4 is 5.73 Å². The first-order chi connectivity index (χ1) is 14.6. The van der Waals surface area contributed by atoms with Crippen LogP contribution >= 0.6 is 11.6 Å². The van der Waals surface area contributed by atoms with E-state index in [-0.39, 0.29) is 5.82 Å². The SMILES string of the molecule is NC1=NC(c2ccncc2)(c2cccc(-c3cc(Cl)ccc3F)c2)C2=NCCCN12. The van der Waals surface area contributed by atoms with E-state index >= 15 is 0 Å². The third-order valence-corrected chi connectivity index (χ3v) is 5.79. The molecule has 0 bridgehead atoms. The molecule has 2 aromatic carbocycles. The summed E-state index contributed by atoms with van der Waals surface area (Å²) in [6.07, 6.45) is 4.38. The number of benzene rings is 2. The third-order valence-electron chi connectivity index (χ3n) is 5.56. The third kappa shape index (κ3) is 2.87. The van der Waals surface area contributed by atoms with E-state index in [1.165, 1.54) is 6.07 Å². The van der Waals surface area contributed by atoms with Crippen LogP contribution in [-0.4, -0.2) is 34.8 Å². The van der Waals surface area contributed by atoms with Crippen molar-refractivity contribution < 1.29 is 4.39 Å². The fraction of sp³-hybridized carbons (Fsp3) is 0.174. The minimum absolute atomic E-state index is 0.333. The topological polar surface area (TPSA) is 66.9 Å². The summed E-state index contributed by atoms with van der Waals surface area (Å²) in [7, 11) is 0. The number of hydrogen-bond donors (Lipinski definition) is 1. The van der Waals surface area contributed by atoms with Gasteiger partial charge < -0.3 is 5.73 Å². The number of halogens is 2. The number of guanidine groups is 1. The smallest absolute Gasteiger partial charge is 0.198 e. The molecule has 1 unspecified atom stereocenters. The van der Waals surface area contributed by atoms with Crippen molar-refractivity contribution in [2.24, 2.45) is 15.7 Å². The molecule has 0 saturated carbocycles. The van der Waals surface area contributed by atoms with E-state index in [0.717, 1.165) is 29.9 Å². The fourth-order valence-corrected chi connectivity index (χ4v) is 4.37. The van der Waals surface area contributed by atoms with Gasteiger partial charge in [-0.05, 0) is 59.5 Å². The molecule has 0 aliphatic carbocycles. The first kappa shape index (κ1) is 18.8. The van der Waals surface area contributed by atoms with Gasteiger partial charge in [-0.2, -0.15) is 0 Å². The minimum atomic E-state index is -0.904. The van der Waals surface area contributed by atoms with Gasteiger partial charge >= 0.3 is 0 Å². The number of fused-ring (bicyclic) bond motifs is 1. The average Bonchev–Trinajstić information content (AvgIpc) is 3.10. The Morgan fingerprint density at radius 1 is 1.03 bits per heavy atom. The molecule has 3 heterocycles. The summed E-state index contributed by atoms with van der Waals surface area (Å²) in [5, 5.41) is 0.478. The van der Waals surface area contributed by atoms with Gasteiger partial charge in [-0.1, -0.05) is 29.8 Å². The Labute approximate surface area is 178 Å². The molecule has 5 rings (SSSR count). The molecule has 150 valence electrons. The average molecular weight is 420 g/mol. The van der Waals surface area contributed by atoms with Gasteiger partial charge in [0.05, 0.1) is 0 Å². The van der Waals surface area contributed by atoms with Gasteiger partial charge in [0.1, 0.15) is 11.7 Å². The zero-order chi connectivity index (χ0) is 20.7. The largest absolute Gasteiger partial charge is 0.369 e. The molecule has 1 atom stereocenters. The maximum Gasteiger partial charge on any atom is 0.198 e. The van der Waals surface area contributed by atoms with Crippen LogP contribution in [0.25, 0.3) is 11.1 Å². The number of amidine groups is 1. The van der Waals surface area contributed by atoms with E-state index in [1.807, 2.05) is 41.3 Å². The zero-order valence-electron chi connectivity index (χ0n) is 16.1. The summed E-state index contributed by atoms with van der Waals surface area (Å²) < 4.78 is 14.6. The molecule has 5 nitrogen and oxygen atoms in total. The van der Waals surface area contributed by atoms with Crippen molar-refractivity contribution in [1.29, 1.82) is 0 Å². The Balaban J connectivity index is 1.75. The predicted molar refractivity (Wildman–Crippen MR) is 117 cm³/mol. The van der Waals surface area contributed by atoms with Crippen LogP contribution in [0.1, 0.15) is 17.5 Å². The second-order valence-electron chi connectivity index (χ2n) is 7.33. The quantitative estimate of drug-likeness (QED) is 0.691. The molecule has 0 spiro atoms. The first-order valence-corrected chi connectivity index (χ1v) is 10.1.